The van der Waals surface area contributed by atoms with Crippen LogP contribution in [-0.4, -0.2) is 45.6 Å². The number of halogens is 1. The number of nitrogens with zero attached hydrogens (tertiary/aromatic N) is 4. The Bertz CT molecular complexity index is 1020. The van der Waals surface area contributed by atoms with Crippen molar-refractivity contribution in [2.45, 2.75) is 57.5 Å². The lowest BCUT2D eigenvalue weighted by Crippen LogP contribution is -2.36. The minimum absolute atomic E-state index is 0.147. The molecule has 0 N–H and O–H groups in total. The number of rotatable bonds is 5. The molecular formula is C22H23FN4O3. The third-order valence-electron chi connectivity index (χ3n) is 5.97. The predicted molar refractivity (Wildman–Crippen MR) is 104 cm³/mol. The van der Waals surface area contributed by atoms with E-state index >= 15 is 0 Å². The number of ether oxygens (including phenoxy) is 3. The van der Waals surface area contributed by atoms with Crippen LogP contribution in [0.5, 0.6) is 5.75 Å². The summed E-state index contributed by atoms with van der Waals surface area (Å²) in [5.41, 5.74) is 1.34. The molecule has 0 atom stereocenters. The third-order valence-corrected chi connectivity index (χ3v) is 5.97. The van der Waals surface area contributed by atoms with Gasteiger partial charge in [-0.1, -0.05) is 17.1 Å². The second-order valence-corrected chi connectivity index (χ2v) is 8.91. The van der Waals surface area contributed by atoms with E-state index in [1.807, 2.05) is 0 Å². The van der Waals surface area contributed by atoms with Crippen LogP contribution in [0.15, 0.2) is 12.3 Å². The summed E-state index contributed by atoms with van der Waals surface area (Å²) in [4.78, 5) is 4.14. The van der Waals surface area contributed by atoms with Gasteiger partial charge in [-0.15, -0.1) is 5.10 Å². The van der Waals surface area contributed by atoms with Crippen molar-refractivity contribution >= 4 is 0 Å². The Kier molecular flexibility index (Phi) is 4.29. The standard InChI is InChI=1S/C22H23FN4O3/c23-21-15(4-3-14-1-2-14)9-18(30-16-5-6-16)20(24-21)17-10-27(26-25-17)11-19-28-12-22(7-8-22)13-29-19/h9-10,14,16,19H,1-2,5-8,11-13H2. The fourth-order valence-electron chi connectivity index (χ4n) is 3.46. The van der Waals surface area contributed by atoms with Crippen LogP contribution in [0, 0.1) is 29.1 Å². The van der Waals surface area contributed by atoms with Gasteiger partial charge >= 0.3 is 0 Å². The van der Waals surface area contributed by atoms with Crippen molar-refractivity contribution in [3.63, 3.8) is 0 Å². The summed E-state index contributed by atoms with van der Waals surface area (Å²) in [6.45, 7) is 1.89. The second kappa shape index (κ2) is 7.03. The maximum Gasteiger partial charge on any atom is 0.229 e. The van der Waals surface area contributed by atoms with Gasteiger partial charge in [0.1, 0.15) is 17.1 Å². The Hall–Kier alpha value is -2.50. The summed E-state index contributed by atoms with van der Waals surface area (Å²) in [5, 5.41) is 8.35. The molecule has 156 valence electrons. The lowest BCUT2D eigenvalue weighted by atomic mass is 10.1. The molecule has 8 heteroatoms. The highest BCUT2D eigenvalue weighted by atomic mass is 19.1. The SMILES string of the molecule is Fc1nc(-c2cn(CC3OCC4(CC4)CO3)nn2)c(OC2CC2)cc1C#CC1CC1. The van der Waals surface area contributed by atoms with Crippen molar-refractivity contribution in [1.82, 2.24) is 20.0 Å². The average Bonchev–Trinajstić information content (AvgIpc) is 3.64. The number of aromatic nitrogens is 4. The van der Waals surface area contributed by atoms with Gasteiger partial charge in [-0.3, -0.25) is 0 Å². The zero-order valence-electron chi connectivity index (χ0n) is 16.6. The largest absolute Gasteiger partial charge is 0.488 e. The van der Waals surface area contributed by atoms with Crippen LogP contribution in [0.2, 0.25) is 0 Å². The van der Waals surface area contributed by atoms with Crippen LogP contribution < -0.4 is 4.74 Å². The first-order chi connectivity index (χ1) is 14.7. The Labute approximate surface area is 173 Å². The average molecular weight is 410 g/mol. The van der Waals surface area contributed by atoms with E-state index < -0.39 is 5.95 Å². The second-order valence-electron chi connectivity index (χ2n) is 8.91. The van der Waals surface area contributed by atoms with Gasteiger partial charge in [0.2, 0.25) is 5.95 Å². The van der Waals surface area contributed by atoms with Crippen LogP contribution in [0.1, 0.15) is 44.1 Å². The van der Waals surface area contributed by atoms with Crippen LogP contribution >= 0.6 is 0 Å². The van der Waals surface area contributed by atoms with Gasteiger partial charge in [-0.2, -0.15) is 4.39 Å². The maximum absolute atomic E-state index is 14.6. The summed E-state index contributed by atoms with van der Waals surface area (Å²) in [5.74, 6) is 6.28. The molecule has 3 saturated carbocycles. The molecule has 1 spiro atoms. The molecule has 2 aromatic rings. The van der Waals surface area contributed by atoms with Gasteiger partial charge in [0.25, 0.3) is 0 Å². The Morgan fingerprint density at radius 2 is 2.00 bits per heavy atom. The first kappa shape index (κ1) is 18.3. The lowest BCUT2D eigenvalue weighted by molar-refractivity contribution is -0.213. The Morgan fingerprint density at radius 3 is 2.70 bits per heavy atom. The van der Waals surface area contributed by atoms with E-state index in [2.05, 4.69) is 27.1 Å². The molecule has 4 aliphatic rings. The number of hydrogen-bond acceptors (Lipinski definition) is 6. The molecule has 0 radical (unpaired) electrons. The third kappa shape index (κ3) is 3.92. The molecule has 0 bridgehead atoms. The molecule has 0 unspecified atom stereocenters. The minimum atomic E-state index is -0.607. The summed E-state index contributed by atoms with van der Waals surface area (Å²) < 4.78 is 33.9. The maximum atomic E-state index is 14.6. The van der Waals surface area contributed by atoms with Gasteiger partial charge < -0.3 is 14.2 Å². The van der Waals surface area contributed by atoms with E-state index in [1.54, 1.807) is 16.9 Å². The smallest absolute Gasteiger partial charge is 0.229 e. The molecule has 0 aromatic carbocycles. The first-order valence-electron chi connectivity index (χ1n) is 10.7. The number of pyridine rings is 1. The Morgan fingerprint density at radius 1 is 1.20 bits per heavy atom. The van der Waals surface area contributed by atoms with E-state index in [0.717, 1.165) is 38.9 Å². The normalized spacial score (nSPS) is 22.6. The van der Waals surface area contributed by atoms with Gasteiger partial charge in [-0.25, -0.2) is 9.67 Å². The highest BCUT2D eigenvalue weighted by Gasteiger charge is 2.47. The summed E-state index contributed by atoms with van der Waals surface area (Å²) in [7, 11) is 0. The highest BCUT2D eigenvalue weighted by molar-refractivity contribution is 5.63. The predicted octanol–water partition coefficient (Wildman–Crippen LogP) is 2.94. The van der Waals surface area contributed by atoms with E-state index in [4.69, 9.17) is 14.2 Å². The summed E-state index contributed by atoms with van der Waals surface area (Å²) >= 11 is 0. The zero-order chi connectivity index (χ0) is 20.1. The molecule has 6 rings (SSSR count). The molecule has 1 saturated heterocycles. The molecule has 2 aromatic heterocycles. The van der Waals surface area contributed by atoms with Crippen molar-refractivity contribution in [3.8, 4) is 29.0 Å². The quantitative estimate of drug-likeness (QED) is 0.558. The van der Waals surface area contributed by atoms with Gasteiger partial charge in [-0.05, 0) is 38.5 Å². The summed E-state index contributed by atoms with van der Waals surface area (Å²) in [6.07, 6.45) is 8.03. The van der Waals surface area contributed by atoms with Crippen LogP contribution in [-0.2, 0) is 16.0 Å². The van der Waals surface area contributed by atoms with Gasteiger partial charge in [0.05, 0.1) is 37.6 Å². The van der Waals surface area contributed by atoms with Crippen molar-refractivity contribution in [1.29, 1.82) is 0 Å². The van der Waals surface area contributed by atoms with E-state index in [1.165, 1.54) is 12.8 Å². The molecule has 3 heterocycles. The van der Waals surface area contributed by atoms with Crippen molar-refractivity contribution in [2.75, 3.05) is 13.2 Å². The molecule has 0 amide bonds. The molecule has 3 aliphatic carbocycles. The van der Waals surface area contributed by atoms with Gasteiger partial charge in [0.15, 0.2) is 6.29 Å². The zero-order valence-corrected chi connectivity index (χ0v) is 16.6. The fourth-order valence-corrected chi connectivity index (χ4v) is 3.46. The number of hydrogen-bond donors (Lipinski definition) is 0. The van der Waals surface area contributed by atoms with Crippen LogP contribution in [0.25, 0.3) is 11.4 Å². The Balaban J connectivity index is 1.23. The van der Waals surface area contributed by atoms with E-state index in [-0.39, 0.29) is 23.4 Å². The molecule has 7 nitrogen and oxygen atoms in total. The van der Waals surface area contributed by atoms with Crippen molar-refractivity contribution in [3.05, 3.63) is 23.8 Å². The molecule has 30 heavy (non-hydrogen) atoms. The van der Waals surface area contributed by atoms with Gasteiger partial charge in [0, 0.05) is 17.4 Å². The van der Waals surface area contributed by atoms with Crippen LogP contribution in [0.3, 0.4) is 0 Å². The van der Waals surface area contributed by atoms with Crippen LogP contribution in [0.4, 0.5) is 4.39 Å². The molecule has 4 fully saturated rings. The van der Waals surface area contributed by atoms with Crippen molar-refractivity contribution < 1.29 is 18.6 Å². The van der Waals surface area contributed by atoms with E-state index in [0.29, 0.717) is 29.6 Å². The lowest BCUT2D eigenvalue weighted by Gasteiger charge is -2.29. The minimum Gasteiger partial charge on any atom is -0.488 e. The molecular weight excluding hydrogens is 387 g/mol. The topological polar surface area (TPSA) is 71.3 Å². The fraction of sp³-hybridized carbons (Fsp3) is 0.591. The van der Waals surface area contributed by atoms with E-state index in [9.17, 15) is 4.39 Å². The highest BCUT2D eigenvalue weighted by Crippen LogP contribution is 2.48. The molecule has 1 aliphatic heterocycles. The monoisotopic (exact) mass is 410 g/mol. The van der Waals surface area contributed by atoms with Crippen molar-refractivity contribution in [2.24, 2.45) is 11.3 Å². The summed E-state index contributed by atoms with van der Waals surface area (Å²) in [6, 6.07) is 1.65. The first-order valence-corrected chi connectivity index (χ1v) is 10.7.